The number of nitrogens with zero attached hydrogens (tertiary/aromatic N) is 3. The van der Waals surface area contributed by atoms with Gasteiger partial charge in [-0.25, -0.2) is 4.98 Å². The van der Waals surface area contributed by atoms with Crippen molar-refractivity contribution in [1.82, 2.24) is 14.3 Å². The molecule has 0 aliphatic carbocycles. The van der Waals surface area contributed by atoms with Crippen molar-refractivity contribution in [3.63, 3.8) is 0 Å². The summed E-state index contributed by atoms with van der Waals surface area (Å²) in [4.78, 5) is 33.1. The first-order valence-corrected chi connectivity index (χ1v) is 13.4. The van der Waals surface area contributed by atoms with Crippen molar-refractivity contribution < 1.29 is 19.4 Å². The van der Waals surface area contributed by atoms with Crippen LogP contribution in [-0.2, 0) is 16.0 Å². The number of ketones is 1. The van der Waals surface area contributed by atoms with Gasteiger partial charge >= 0.3 is 0 Å². The second kappa shape index (κ2) is 11.2. The number of benzene rings is 2. The molecule has 1 amide bonds. The number of aliphatic hydroxyl groups is 1. The van der Waals surface area contributed by atoms with E-state index < -0.39 is 17.7 Å². The number of rotatable bonds is 9. The molecular weight excluding hydrogens is 490 g/mol. The molecule has 7 heteroatoms. The van der Waals surface area contributed by atoms with E-state index in [1.807, 2.05) is 91.2 Å². The topological polar surface area (TPSA) is 84.1 Å². The van der Waals surface area contributed by atoms with Crippen LogP contribution in [0, 0.1) is 13.8 Å². The number of aromatic nitrogens is 2. The van der Waals surface area contributed by atoms with Gasteiger partial charge in [-0.1, -0.05) is 61.9 Å². The highest BCUT2D eigenvalue weighted by molar-refractivity contribution is 6.46. The molecule has 2 aromatic carbocycles. The van der Waals surface area contributed by atoms with Crippen LogP contribution in [0.4, 0.5) is 0 Å². The lowest BCUT2D eigenvalue weighted by atomic mass is 9.96. The third kappa shape index (κ3) is 5.04. The minimum atomic E-state index is -0.747. The van der Waals surface area contributed by atoms with Crippen LogP contribution in [0.3, 0.4) is 0 Å². The number of hydrogen-bond acceptors (Lipinski definition) is 5. The van der Waals surface area contributed by atoms with Gasteiger partial charge in [0, 0.05) is 12.7 Å². The summed E-state index contributed by atoms with van der Waals surface area (Å²) in [6.07, 6.45) is 4.44. The van der Waals surface area contributed by atoms with Crippen molar-refractivity contribution >= 4 is 23.1 Å². The number of likely N-dealkylation sites (tertiary alicyclic amines) is 1. The van der Waals surface area contributed by atoms with Gasteiger partial charge in [-0.05, 0) is 61.6 Å². The number of pyridine rings is 1. The van der Waals surface area contributed by atoms with Gasteiger partial charge in [0.05, 0.1) is 23.9 Å². The molecule has 1 atom stereocenters. The largest absolute Gasteiger partial charge is 0.505 e. The van der Waals surface area contributed by atoms with Crippen LogP contribution in [0.15, 0.2) is 78.5 Å². The molecule has 0 radical (unpaired) electrons. The molecule has 2 aromatic heterocycles. The Morgan fingerprint density at radius 2 is 1.74 bits per heavy atom. The lowest BCUT2D eigenvalue weighted by Crippen LogP contribution is -2.31. The number of carbonyl (C=O) groups excluding carboxylic acids is 2. The van der Waals surface area contributed by atoms with E-state index in [0.717, 1.165) is 35.3 Å². The van der Waals surface area contributed by atoms with Crippen LogP contribution >= 0.6 is 0 Å². The second-order valence-corrected chi connectivity index (χ2v) is 9.93. The van der Waals surface area contributed by atoms with Crippen LogP contribution in [0.2, 0.25) is 0 Å². The molecule has 5 rings (SSSR count). The molecule has 1 saturated heterocycles. The Bertz CT molecular complexity index is 1540. The summed E-state index contributed by atoms with van der Waals surface area (Å²) in [7, 11) is 0. The van der Waals surface area contributed by atoms with E-state index in [9.17, 15) is 14.7 Å². The van der Waals surface area contributed by atoms with Gasteiger partial charge in [0.2, 0.25) is 0 Å². The number of carbonyl (C=O) groups is 2. The maximum Gasteiger partial charge on any atom is 0.295 e. The highest BCUT2D eigenvalue weighted by Gasteiger charge is 2.46. The lowest BCUT2D eigenvalue weighted by molar-refractivity contribution is -0.139. The predicted molar refractivity (Wildman–Crippen MR) is 151 cm³/mol. The third-order valence-electron chi connectivity index (χ3n) is 7.29. The number of imidazole rings is 1. The smallest absolute Gasteiger partial charge is 0.295 e. The number of amides is 1. The van der Waals surface area contributed by atoms with Crippen LogP contribution < -0.4 is 4.74 Å². The van der Waals surface area contributed by atoms with E-state index in [2.05, 4.69) is 11.9 Å². The van der Waals surface area contributed by atoms with Crippen molar-refractivity contribution in [2.24, 2.45) is 0 Å². The molecule has 3 heterocycles. The Kier molecular flexibility index (Phi) is 7.50. The minimum Gasteiger partial charge on any atom is -0.505 e. The molecule has 200 valence electrons. The van der Waals surface area contributed by atoms with Crippen LogP contribution in [0.5, 0.6) is 5.75 Å². The standard InChI is InChI=1S/C32H33N3O4/c1-4-5-20-39-25-15-13-24(14-16-25)28-26(29(36)27-22(3)34-18-9-10-21(2)31(34)33-27)30(37)32(38)35(28)19-17-23-11-7-6-8-12-23/h6-16,18,28,36H,4-5,17,19-20H2,1-3H3. The third-order valence-corrected chi connectivity index (χ3v) is 7.29. The number of fused-ring (bicyclic) bond motifs is 1. The van der Waals surface area contributed by atoms with E-state index in [-0.39, 0.29) is 11.3 Å². The quantitative estimate of drug-likeness (QED) is 0.130. The molecule has 1 N–H and O–H groups in total. The SMILES string of the molecule is CCCCOc1ccc(C2C(=C(O)c3nc4c(C)cccn4c3C)C(=O)C(=O)N2CCc2ccccc2)cc1. The second-order valence-electron chi connectivity index (χ2n) is 9.93. The van der Waals surface area contributed by atoms with Gasteiger partial charge in [0.15, 0.2) is 5.76 Å². The summed E-state index contributed by atoms with van der Waals surface area (Å²) < 4.78 is 7.70. The van der Waals surface area contributed by atoms with Crippen LogP contribution in [0.25, 0.3) is 11.4 Å². The molecule has 0 spiro atoms. The Hall–Kier alpha value is -4.39. The molecule has 1 fully saturated rings. The molecule has 0 saturated carbocycles. The van der Waals surface area contributed by atoms with Gasteiger partial charge in [-0.2, -0.15) is 0 Å². The van der Waals surface area contributed by atoms with E-state index in [1.165, 1.54) is 0 Å². The molecule has 0 bridgehead atoms. The summed E-state index contributed by atoms with van der Waals surface area (Å²) in [6, 6.07) is 20.4. The maximum absolute atomic E-state index is 13.5. The monoisotopic (exact) mass is 523 g/mol. The van der Waals surface area contributed by atoms with E-state index in [1.54, 1.807) is 4.90 Å². The number of unbranched alkanes of at least 4 members (excludes halogenated alkanes) is 1. The number of aliphatic hydroxyl groups excluding tert-OH is 1. The highest BCUT2D eigenvalue weighted by Crippen LogP contribution is 2.40. The van der Waals surface area contributed by atoms with E-state index in [4.69, 9.17) is 4.74 Å². The number of aryl methyl sites for hydroxylation is 2. The van der Waals surface area contributed by atoms with E-state index in [0.29, 0.717) is 36.6 Å². The first kappa shape index (κ1) is 26.2. The number of ether oxygens (including phenoxy) is 1. The summed E-state index contributed by atoms with van der Waals surface area (Å²) >= 11 is 0. The zero-order chi connectivity index (χ0) is 27.5. The Balaban J connectivity index is 1.58. The van der Waals surface area contributed by atoms with Crippen molar-refractivity contribution in [3.8, 4) is 5.75 Å². The minimum absolute atomic E-state index is 0.0527. The fraction of sp³-hybridized carbons (Fsp3) is 0.281. The lowest BCUT2D eigenvalue weighted by Gasteiger charge is -2.25. The summed E-state index contributed by atoms with van der Waals surface area (Å²) in [5.41, 5.74) is 4.47. The highest BCUT2D eigenvalue weighted by atomic mass is 16.5. The van der Waals surface area contributed by atoms with Crippen molar-refractivity contribution in [2.75, 3.05) is 13.2 Å². The maximum atomic E-state index is 13.5. The van der Waals surface area contributed by atoms with E-state index >= 15 is 0 Å². The average Bonchev–Trinajstić information content (AvgIpc) is 3.42. The fourth-order valence-electron chi connectivity index (χ4n) is 5.11. The van der Waals surface area contributed by atoms with Crippen molar-refractivity contribution in [1.29, 1.82) is 0 Å². The average molecular weight is 524 g/mol. The number of hydrogen-bond donors (Lipinski definition) is 1. The van der Waals surface area contributed by atoms with Crippen LogP contribution in [-0.4, -0.2) is 44.2 Å². The molecule has 1 aliphatic rings. The summed E-state index contributed by atoms with van der Waals surface area (Å²) in [6.45, 7) is 6.85. The van der Waals surface area contributed by atoms with Gasteiger partial charge in [0.1, 0.15) is 17.1 Å². The summed E-state index contributed by atoms with van der Waals surface area (Å²) in [5.74, 6) is -0.870. The van der Waals surface area contributed by atoms with Crippen molar-refractivity contribution in [3.05, 3.63) is 107 Å². The van der Waals surface area contributed by atoms with Crippen molar-refractivity contribution in [2.45, 2.75) is 46.1 Å². The molecule has 4 aromatic rings. The molecule has 39 heavy (non-hydrogen) atoms. The Morgan fingerprint density at radius 1 is 1.00 bits per heavy atom. The van der Waals surface area contributed by atoms with Gasteiger partial charge in [0.25, 0.3) is 11.7 Å². The van der Waals surface area contributed by atoms with Gasteiger partial charge < -0.3 is 19.1 Å². The Labute approximate surface area is 228 Å². The zero-order valence-electron chi connectivity index (χ0n) is 22.6. The molecule has 1 unspecified atom stereocenters. The van der Waals surface area contributed by atoms with Gasteiger partial charge in [-0.15, -0.1) is 0 Å². The first-order valence-electron chi connectivity index (χ1n) is 13.4. The fourth-order valence-corrected chi connectivity index (χ4v) is 5.11. The van der Waals surface area contributed by atoms with Gasteiger partial charge in [-0.3, -0.25) is 9.59 Å². The summed E-state index contributed by atoms with van der Waals surface area (Å²) in [5, 5.41) is 11.6. The molecule has 1 aliphatic heterocycles. The molecular formula is C32H33N3O4. The zero-order valence-corrected chi connectivity index (χ0v) is 22.6. The predicted octanol–water partition coefficient (Wildman–Crippen LogP) is 5.79. The molecule has 7 nitrogen and oxygen atoms in total. The number of Topliss-reactive ketones (excluding diaryl/α,β-unsaturated/α-hetero) is 1. The van der Waals surface area contributed by atoms with Crippen LogP contribution in [0.1, 0.15) is 53.9 Å². The first-order chi connectivity index (χ1) is 18.9. The normalized spacial score (nSPS) is 16.8. The Morgan fingerprint density at radius 3 is 2.44 bits per heavy atom.